The predicted molar refractivity (Wildman–Crippen MR) is 122 cm³/mol. The smallest absolute Gasteiger partial charge is 0.0890 e. The highest BCUT2D eigenvalue weighted by Gasteiger charge is 2.19. The fourth-order valence-electron chi connectivity index (χ4n) is 3.36. The van der Waals surface area contributed by atoms with E-state index in [1.54, 1.807) is 12.4 Å². The van der Waals surface area contributed by atoms with E-state index in [-0.39, 0.29) is 0 Å². The highest BCUT2D eigenvalue weighted by Crippen LogP contribution is 2.24. The van der Waals surface area contributed by atoms with Gasteiger partial charge in [0.05, 0.1) is 27.5 Å². The zero-order valence-electron chi connectivity index (χ0n) is 17.5. The van der Waals surface area contributed by atoms with Crippen LogP contribution in [0.5, 0.6) is 0 Å². The van der Waals surface area contributed by atoms with Gasteiger partial charge in [-0.25, -0.2) is 0 Å². The van der Waals surface area contributed by atoms with Gasteiger partial charge in [-0.3, -0.25) is 9.97 Å². The number of hydrogen-bond acceptors (Lipinski definition) is 5. The van der Waals surface area contributed by atoms with Crippen molar-refractivity contribution in [2.75, 3.05) is 26.2 Å². The summed E-state index contributed by atoms with van der Waals surface area (Å²) in [5, 5.41) is 7.80. The zero-order chi connectivity index (χ0) is 20.6. The van der Waals surface area contributed by atoms with E-state index in [2.05, 4.69) is 70.6 Å². The van der Waals surface area contributed by atoms with E-state index in [9.17, 15) is 0 Å². The standard InChI is InChI=1S/C23H30ClN5/c1-4-17(3)14-19(24)23(29-12-10-25-11-13-29)20(5-2)28-16-18-6-7-21-22(15-18)27-9-8-26-21/h5-9,14-15,25,28H,4,10-13,16H2,1-3H3/b17-14+,20-5+,23-19-. The number of rotatable bonds is 7. The summed E-state index contributed by atoms with van der Waals surface area (Å²) in [5.41, 5.74) is 6.37. The first-order valence-corrected chi connectivity index (χ1v) is 10.6. The molecule has 5 nitrogen and oxygen atoms in total. The van der Waals surface area contributed by atoms with Crippen LogP contribution < -0.4 is 10.6 Å². The van der Waals surface area contributed by atoms with E-state index >= 15 is 0 Å². The SMILES string of the molecule is C\C=C(NCc1ccc2nccnc2c1)/C(=C(Cl)\C=C(/C)CC)N1CCNCC1. The molecule has 2 aromatic rings. The molecule has 1 aromatic carbocycles. The molecule has 2 N–H and O–H groups in total. The van der Waals surface area contributed by atoms with Gasteiger partial charge in [0.2, 0.25) is 0 Å². The molecule has 0 unspecified atom stereocenters. The van der Waals surface area contributed by atoms with E-state index in [0.717, 1.165) is 65.6 Å². The number of benzene rings is 1. The summed E-state index contributed by atoms with van der Waals surface area (Å²) in [6, 6.07) is 6.19. The Morgan fingerprint density at radius 3 is 2.62 bits per heavy atom. The number of halogens is 1. The number of fused-ring (bicyclic) bond motifs is 1. The number of nitrogens with zero attached hydrogens (tertiary/aromatic N) is 3. The fourth-order valence-corrected chi connectivity index (χ4v) is 3.77. The minimum absolute atomic E-state index is 0.697. The van der Waals surface area contributed by atoms with E-state index in [0.29, 0.717) is 6.54 Å². The van der Waals surface area contributed by atoms with E-state index in [4.69, 9.17) is 11.6 Å². The minimum atomic E-state index is 0.697. The molecule has 3 rings (SSSR count). The maximum atomic E-state index is 6.83. The van der Waals surface area contributed by atoms with Crippen LogP contribution in [0.2, 0.25) is 0 Å². The average Bonchev–Trinajstić information content (AvgIpc) is 2.76. The maximum Gasteiger partial charge on any atom is 0.0890 e. The summed E-state index contributed by atoms with van der Waals surface area (Å²) < 4.78 is 0. The summed E-state index contributed by atoms with van der Waals surface area (Å²) in [5.74, 6) is 0. The largest absolute Gasteiger partial charge is 0.380 e. The van der Waals surface area contributed by atoms with Gasteiger partial charge in [0.15, 0.2) is 0 Å². The molecule has 0 bridgehead atoms. The summed E-state index contributed by atoms with van der Waals surface area (Å²) in [6.07, 6.45) is 8.63. The van der Waals surface area contributed by atoms with Crippen molar-refractivity contribution in [1.29, 1.82) is 0 Å². The quantitative estimate of drug-likeness (QED) is 0.664. The lowest BCUT2D eigenvalue weighted by molar-refractivity contribution is 0.300. The van der Waals surface area contributed by atoms with Crippen LogP contribution in [0, 0.1) is 0 Å². The van der Waals surface area contributed by atoms with Gasteiger partial charge in [-0.1, -0.05) is 36.2 Å². The Balaban J connectivity index is 1.85. The number of nitrogens with one attached hydrogen (secondary N) is 2. The Hall–Kier alpha value is -2.37. The molecule has 2 heterocycles. The van der Waals surface area contributed by atoms with Crippen molar-refractivity contribution >= 4 is 22.6 Å². The number of aromatic nitrogens is 2. The van der Waals surface area contributed by atoms with Crippen LogP contribution in [0.15, 0.2) is 64.7 Å². The molecule has 1 aromatic heterocycles. The van der Waals surface area contributed by atoms with Gasteiger partial charge < -0.3 is 15.5 Å². The Kier molecular flexibility index (Phi) is 7.67. The lowest BCUT2D eigenvalue weighted by Gasteiger charge is -2.33. The second-order valence-corrected chi connectivity index (χ2v) is 7.62. The second kappa shape index (κ2) is 10.4. The molecule has 1 aliphatic heterocycles. The van der Waals surface area contributed by atoms with Crippen LogP contribution in [-0.2, 0) is 6.54 Å². The van der Waals surface area contributed by atoms with E-state index < -0.39 is 0 Å². The lowest BCUT2D eigenvalue weighted by atomic mass is 10.1. The molecule has 29 heavy (non-hydrogen) atoms. The summed E-state index contributed by atoms with van der Waals surface area (Å²) in [4.78, 5) is 11.1. The highest BCUT2D eigenvalue weighted by molar-refractivity contribution is 6.31. The van der Waals surface area contributed by atoms with Crippen molar-refractivity contribution in [3.8, 4) is 0 Å². The first kappa shape index (κ1) is 21.3. The van der Waals surface area contributed by atoms with Gasteiger partial charge in [-0.05, 0) is 44.0 Å². The normalized spacial score (nSPS) is 16.8. The highest BCUT2D eigenvalue weighted by atomic mass is 35.5. The van der Waals surface area contributed by atoms with Gasteiger partial charge >= 0.3 is 0 Å². The van der Waals surface area contributed by atoms with Gasteiger partial charge in [-0.2, -0.15) is 0 Å². The van der Waals surface area contributed by atoms with Crippen molar-refractivity contribution in [2.45, 2.75) is 33.7 Å². The molecule has 1 saturated heterocycles. The van der Waals surface area contributed by atoms with Crippen molar-refractivity contribution in [3.05, 3.63) is 70.3 Å². The minimum Gasteiger partial charge on any atom is -0.380 e. The Morgan fingerprint density at radius 1 is 1.21 bits per heavy atom. The molecule has 0 radical (unpaired) electrons. The molecule has 0 saturated carbocycles. The monoisotopic (exact) mass is 411 g/mol. The number of hydrogen-bond donors (Lipinski definition) is 2. The predicted octanol–water partition coefficient (Wildman–Crippen LogP) is 4.34. The molecule has 0 aliphatic carbocycles. The molecule has 1 aliphatic rings. The average molecular weight is 412 g/mol. The van der Waals surface area contributed by atoms with Gasteiger partial charge in [0.25, 0.3) is 0 Å². The van der Waals surface area contributed by atoms with Crippen LogP contribution in [0.3, 0.4) is 0 Å². The van der Waals surface area contributed by atoms with Crippen LogP contribution in [0.4, 0.5) is 0 Å². The summed E-state index contributed by atoms with van der Waals surface area (Å²) >= 11 is 6.83. The van der Waals surface area contributed by atoms with Crippen LogP contribution in [-0.4, -0.2) is 41.0 Å². The van der Waals surface area contributed by atoms with Gasteiger partial charge in [-0.15, -0.1) is 0 Å². The van der Waals surface area contributed by atoms with Crippen LogP contribution in [0.25, 0.3) is 11.0 Å². The fraction of sp³-hybridized carbons (Fsp3) is 0.391. The van der Waals surface area contributed by atoms with Crippen LogP contribution >= 0.6 is 11.6 Å². The summed E-state index contributed by atoms with van der Waals surface area (Å²) in [6.45, 7) is 10.8. The second-order valence-electron chi connectivity index (χ2n) is 7.21. The number of piperazine rings is 1. The van der Waals surface area contributed by atoms with Crippen LogP contribution in [0.1, 0.15) is 32.8 Å². The number of allylic oxidation sites excluding steroid dienone is 4. The Bertz CT molecular complexity index is 926. The third-order valence-electron chi connectivity index (χ3n) is 5.15. The van der Waals surface area contributed by atoms with Gasteiger partial charge in [0, 0.05) is 45.1 Å². The van der Waals surface area contributed by atoms with Crippen molar-refractivity contribution in [3.63, 3.8) is 0 Å². The third kappa shape index (κ3) is 5.58. The Morgan fingerprint density at radius 2 is 1.93 bits per heavy atom. The zero-order valence-corrected chi connectivity index (χ0v) is 18.3. The molecular formula is C23H30ClN5. The van der Waals surface area contributed by atoms with Crippen molar-refractivity contribution in [2.24, 2.45) is 0 Å². The lowest BCUT2D eigenvalue weighted by Crippen LogP contribution is -2.44. The van der Waals surface area contributed by atoms with Gasteiger partial charge in [0.1, 0.15) is 0 Å². The Labute approximate surface area is 178 Å². The molecule has 1 fully saturated rings. The molecule has 0 amide bonds. The topological polar surface area (TPSA) is 53.1 Å². The van der Waals surface area contributed by atoms with Crippen molar-refractivity contribution in [1.82, 2.24) is 25.5 Å². The summed E-state index contributed by atoms with van der Waals surface area (Å²) in [7, 11) is 0. The molecule has 6 heteroatoms. The molecule has 0 atom stereocenters. The van der Waals surface area contributed by atoms with E-state index in [1.165, 1.54) is 5.57 Å². The first-order chi connectivity index (χ1) is 14.1. The molecule has 0 spiro atoms. The van der Waals surface area contributed by atoms with E-state index in [1.807, 2.05) is 6.07 Å². The molecular weight excluding hydrogens is 382 g/mol. The molecule has 154 valence electrons. The first-order valence-electron chi connectivity index (χ1n) is 10.2. The maximum absolute atomic E-state index is 6.83. The van der Waals surface area contributed by atoms with Crippen molar-refractivity contribution < 1.29 is 0 Å². The third-order valence-corrected chi connectivity index (χ3v) is 5.44.